The molecule has 0 aliphatic heterocycles. The van der Waals surface area contributed by atoms with Crippen LogP contribution < -0.4 is 4.74 Å². The first-order valence-corrected chi connectivity index (χ1v) is 14.3. The van der Waals surface area contributed by atoms with E-state index in [4.69, 9.17) is 4.74 Å². The SMILES string of the molecule is CCCCCCCCOc1cnc(-c2ccc(C3CCC(CCCCCCC)CC3)cc2)nc1. The molecule has 0 atom stereocenters. The van der Waals surface area contributed by atoms with Crippen LogP contribution in [-0.2, 0) is 0 Å². The van der Waals surface area contributed by atoms with Gasteiger partial charge in [-0.15, -0.1) is 0 Å². The zero-order valence-corrected chi connectivity index (χ0v) is 21.9. The zero-order chi connectivity index (χ0) is 23.8. The number of hydrogen-bond donors (Lipinski definition) is 0. The monoisotopic (exact) mass is 464 g/mol. The molecule has 1 aliphatic rings. The number of rotatable bonds is 16. The average molecular weight is 465 g/mol. The van der Waals surface area contributed by atoms with Crippen LogP contribution >= 0.6 is 0 Å². The number of ether oxygens (including phenoxy) is 1. The van der Waals surface area contributed by atoms with Crippen LogP contribution in [0.4, 0.5) is 0 Å². The Balaban J connectivity index is 1.37. The van der Waals surface area contributed by atoms with Crippen molar-refractivity contribution in [3.63, 3.8) is 0 Å². The van der Waals surface area contributed by atoms with Crippen LogP contribution in [0.3, 0.4) is 0 Å². The van der Waals surface area contributed by atoms with Crippen molar-refractivity contribution in [2.45, 2.75) is 122 Å². The molecule has 2 aromatic rings. The first-order chi connectivity index (χ1) is 16.8. The van der Waals surface area contributed by atoms with Crippen LogP contribution in [-0.4, -0.2) is 16.6 Å². The van der Waals surface area contributed by atoms with E-state index in [0.717, 1.165) is 42.0 Å². The molecule has 3 heteroatoms. The molecule has 3 rings (SSSR count). The van der Waals surface area contributed by atoms with Gasteiger partial charge in [-0.05, 0) is 49.5 Å². The highest BCUT2D eigenvalue weighted by atomic mass is 16.5. The van der Waals surface area contributed by atoms with E-state index < -0.39 is 0 Å². The Morgan fingerprint density at radius 1 is 0.706 bits per heavy atom. The maximum absolute atomic E-state index is 5.83. The lowest BCUT2D eigenvalue weighted by atomic mass is 9.77. The third-order valence-electron chi connectivity index (χ3n) is 7.60. The third-order valence-corrected chi connectivity index (χ3v) is 7.60. The maximum atomic E-state index is 5.83. The largest absolute Gasteiger partial charge is 0.490 e. The van der Waals surface area contributed by atoms with Gasteiger partial charge < -0.3 is 4.74 Å². The number of hydrogen-bond acceptors (Lipinski definition) is 3. The fraction of sp³-hybridized carbons (Fsp3) is 0.677. The van der Waals surface area contributed by atoms with Gasteiger partial charge in [-0.25, -0.2) is 9.97 Å². The number of benzene rings is 1. The normalized spacial score (nSPS) is 18.2. The summed E-state index contributed by atoms with van der Waals surface area (Å²) in [7, 11) is 0. The second-order valence-electron chi connectivity index (χ2n) is 10.4. The lowest BCUT2D eigenvalue weighted by Gasteiger charge is -2.29. The Kier molecular flexibility index (Phi) is 12.5. The molecule has 1 aromatic heterocycles. The molecule has 0 saturated heterocycles. The van der Waals surface area contributed by atoms with E-state index in [1.165, 1.54) is 102 Å². The van der Waals surface area contributed by atoms with E-state index >= 15 is 0 Å². The summed E-state index contributed by atoms with van der Waals surface area (Å²) < 4.78 is 5.83. The molecular formula is C31H48N2O. The molecule has 1 aromatic carbocycles. The topological polar surface area (TPSA) is 35.0 Å². The molecule has 0 spiro atoms. The predicted molar refractivity (Wildman–Crippen MR) is 144 cm³/mol. The molecule has 0 unspecified atom stereocenters. The lowest BCUT2D eigenvalue weighted by molar-refractivity contribution is 0.302. The fourth-order valence-corrected chi connectivity index (χ4v) is 5.34. The van der Waals surface area contributed by atoms with E-state index in [1.54, 1.807) is 0 Å². The second-order valence-corrected chi connectivity index (χ2v) is 10.4. The first kappa shape index (κ1) is 26.7. The van der Waals surface area contributed by atoms with Crippen LogP contribution in [0.1, 0.15) is 128 Å². The Bertz CT molecular complexity index is 763. The molecule has 0 bridgehead atoms. The minimum absolute atomic E-state index is 0.726. The number of nitrogens with zero attached hydrogens (tertiary/aromatic N) is 2. The lowest BCUT2D eigenvalue weighted by Crippen LogP contribution is -2.13. The molecule has 188 valence electrons. The average Bonchev–Trinajstić information content (AvgIpc) is 2.89. The smallest absolute Gasteiger partial charge is 0.159 e. The Morgan fingerprint density at radius 2 is 1.29 bits per heavy atom. The van der Waals surface area contributed by atoms with Gasteiger partial charge >= 0.3 is 0 Å². The number of unbranched alkanes of at least 4 members (excludes halogenated alkanes) is 9. The van der Waals surface area contributed by atoms with Crippen molar-refractivity contribution in [1.82, 2.24) is 9.97 Å². The quantitative estimate of drug-likeness (QED) is 0.232. The summed E-state index contributed by atoms with van der Waals surface area (Å²) in [6.07, 6.45) is 25.3. The molecule has 1 aliphatic carbocycles. The van der Waals surface area contributed by atoms with Crippen LogP contribution in [0, 0.1) is 5.92 Å². The van der Waals surface area contributed by atoms with Crippen molar-refractivity contribution in [3.8, 4) is 17.1 Å². The summed E-state index contributed by atoms with van der Waals surface area (Å²) in [4.78, 5) is 9.10. The van der Waals surface area contributed by atoms with Gasteiger partial charge in [0.25, 0.3) is 0 Å². The van der Waals surface area contributed by atoms with Crippen LogP contribution in [0.25, 0.3) is 11.4 Å². The summed E-state index contributed by atoms with van der Waals surface area (Å²) in [6.45, 7) is 5.30. The van der Waals surface area contributed by atoms with Gasteiger partial charge in [-0.3, -0.25) is 0 Å². The van der Waals surface area contributed by atoms with Crippen LogP contribution in [0.2, 0.25) is 0 Å². The van der Waals surface area contributed by atoms with Gasteiger partial charge in [-0.2, -0.15) is 0 Å². The van der Waals surface area contributed by atoms with Crippen molar-refractivity contribution >= 4 is 0 Å². The summed E-state index contributed by atoms with van der Waals surface area (Å²) in [5.74, 6) is 3.25. The van der Waals surface area contributed by atoms with Crippen molar-refractivity contribution in [2.24, 2.45) is 5.92 Å². The first-order valence-electron chi connectivity index (χ1n) is 14.3. The summed E-state index contributed by atoms with van der Waals surface area (Å²) in [5, 5.41) is 0. The van der Waals surface area contributed by atoms with Crippen LogP contribution in [0.5, 0.6) is 5.75 Å². The highest BCUT2D eigenvalue weighted by Crippen LogP contribution is 2.38. The Labute approximate surface area is 209 Å². The van der Waals surface area contributed by atoms with E-state index in [9.17, 15) is 0 Å². The summed E-state index contributed by atoms with van der Waals surface area (Å²) >= 11 is 0. The molecular weight excluding hydrogens is 416 g/mol. The molecule has 1 fully saturated rings. The van der Waals surface area contributed by atoms with Crippen molar-refractivity contribution < 1.29 is 4.74 Å². The van der Waals surface area contributed by atoms with Gasteiger partial charge in [0.1, 0.15) is 0 Å². The van der Waals surface area contributed by atoms with Gasteiger partial charge in [0.05, 0.1) is 19.0 Å². The minimum Gasteiger partial charge on any atom is -0.490 e. The standard InChI is InChI=1S/C31H48N2O/c1-3-5-7-9-11-13-23-34-30-24-32-31(33-25-30)29-21-19-28(20-22-29)27-17-15-26(16-18-27)14-12-10-8-6-4-2/h19-22,24-27H,3-18,23H2,1-2H3. The minimum atomic E-state index is 0.726. The molecule has 1 heterocycles. The highest BCUT2D eigenvalue weighted by Gasteiger charge is 2.22. The van der Waals surface area contributed by atoms with Crippen LogP contribution in [0.15, 0.2) is 36.7 Å². The molecule has 34 heavy (non-hydrogen) atoms. The molecule has 0 amide bonds. The zero-order valence-electron chi connectivity index (χ0n) is 21.9. The Morgan fingerprint density at radius 3 is 1.94 bits per heavy atom. The van der Waals surface area contributed by atoms with Gasteiger partial charge in [0.15, 0.2) is 11.6 Å². The second kappa shape index (κ2) is 15.9. The van der Waals surface area contributed by atoms with Crippen molar-refractivity contribution in [1.29, 1.82) is 0 Å². The fourth-order valence-electron chi connectivity index (χ4n) is 5.34. The number of aromatic nitrogens is 2. The summed E-state index contributed by atoms with van der Waals surface area (Å²) in [6, 6.07) is 9.00. The predicted octanol–water partition coefficient (Wildman–Crippen LogP) is 9.52. The third kappa shape index (κ3) is 9.39. The molecule has 1 saturated carbocycles. The highest BCUT2D eigenvalue weighted by molar-refractivity contribution is 5.55. The van der Waals surface area contributed by atoms with E-state index in [-0.39, 0.29) is 0 Å². The van der Waals surface area contributed by atoms with Crippen molar-refractivity contribution in [2.75, 3.05) is 6.61 Å². The maximum Gasteiger partial charge on any atom is 0.159 e. The van der Waals surface area contributed by atoms with Gasteiger partial charge in [0, 0.05) is 5.56 Å². The van der Waals surface area contributed by atoms with E-state index in [1.807, 2.05) is 12.4 Å². The summed E-state index contributed by atoms with van der Waals surface area (Å²) in [5.41, 5.74) is 2.58. The molecule has 3 nitrogen and oxygen atoms in total. The molecule has 0 radical (unpaired) electrons. The van der Waals surface area contributed by atoms with Crippen molar-refractivity contribution in [3.05, 3.63) is 42.2 Å². The van der Waals surface area contributed by atoms with Gasteiger partial charge in [-0.1, -0.05) is 109 Å². The van der Waals surface area contributed by atoms with E-state index in [0.29, 0.717) is 0 Å². The van der Waals surface area contributed by atoms with E-state index in [2.05, 4.69) is 48.1 Å². The van der Waals surface area contributed by atoms with Gasteiger partial charge in [0.2, 0.25) is 0 Å². The molecule has 0 N–H and O–H groups in total. The Hall–Kier alpha value is -1.90.